The summed E-state index contributed by atoms with van der Waals surface area (Å²) in [7, 11) is 2.59. The fourth-order valence-corrected chi connectivity index (χ4v) is 1.04. The van der Waals surface area contributed by atoms with Crippen LogP contribution in [0, 0.1) is 5.82 Å². The Morgan fingerprint density at radius 3 is 2.29 bits per heavy atom. The van der Waals surface area contributed by atoms with Gasteiger partial charge in [0, 0.05) is 0 Å². The summed E-state index contributed by atoms with van der Waals surface area (Å²) in [5, 5.41) is 0. The third-order valence-electron chi connectivity index (χ3n) is 1.66. The minimum atomic E-state index is -1.04. The SMILES string of the molecule is COc1ccc(OCF)c(OC)c1F. The van der Waals surface area contributed by atoms with Crippen LogP contribution in [0.4, 0.5) is 8.78 Å². The summed E-state index contributed by atoms with van der Waals surface area (Å²) >= 11 is 0. The third-order valence-corrected chi connectivity index (χ3v) is 1.66. The molecule has 0 aromatic heterocycles. The van der Waals surface area contributed by atoms with E-state index < -0.39 is 12.7 Å². The first-order valence-corrected chi connectivity index (χ1v) is 3.83. The molecule has 0 heterocycles. The molecule has 0 bridgehead atoms. The van der Waals surface area contributed by atoms with Gasteiger partial charge in [-0.25, -0.2) is 4.39 Å². The van der Waals surface area contributed by atoms with Gasteiger partial charge in [-0.05, 0) is 12.1 Å². The van der Waals surface area contributed by atoms with E-state index in [0.717, 1.165) is 0 Å². The van der Waals surface area contributed by atoms with Crippen molar-refractivity contribution in [1.29, 1.82) is 0 Å². The average molecular weight is 204 g/mol. The van der Waals surface area contributed by atoms with Gasteiger partial charge in [-0.15, -0.1) is 0 Å². The summed E-state index contributed by atoms with van der Waals surface area (Å²) in [6.07, 6.45) is 0. The highest BCUT2D eigenvalue weighted by atomic mass is 19.1. The summed E-state index contributed by atoms with van der Waals surface area (Å²) in [5.41, 5.74) is 0. The van der Waals surface area contributed by atoms with E-state index in [4.69, 9.17) is 9.47 Å². The third kappa shape index (κ3) is 1.86. The fraction of sp³-hybridized carbons (Fsp3) is 0.333. The molecule has 78 valence electrons. The van der Waals surface area contributed by atoms with Crippen molar-refractivity contribution >= 4 is 0 Å². The molecule has 5 heteroatoms. The Bertz CT molecular complexity index is 315. The first kappa shape index (κ1) is 10.6. The topological polar surface area (TPSA) is 27.7 Å². The van der Waals surface area contributed by atoms with Crippen molar-refractivity contribution in [2.45, 2.75) is 0 Å². The van der Waals surface area contributed by atoms with Crippen LogP contribution in [0.25, 0.3) is 0 Å². The smallest absolute Gasteiger partial charge is 0.228 e. The van der Waals surface area contributed by atoms with E-state index in [9.17, 15) is 8.78 Å². The van der Waals surface area contributed by atoms with Crippen LogP contribution in [-0.4, -0.2) is 21.1 Å². The van der Waals surface area contributed by atoms with Gasteiger partial charge < -0.3 is 14.2 Å². The van der Waals surface area contributed by atoms with Gasteiger partial charge >= 0.3 is 0 Å². The van der Waals surface area contributed by atoms with Crippen molar-refractivity contribution in [3.8, 4) is 17.2 Å². The monoisotopic (exact) mass is 204 g/mol. The minimum absolute atomic E-state index is 0.00769. The Morgan fingerprint density at radius 1 is 1.14 bits per heavy atom. The first-order chi connectivity index (χ1) is 6.74. The van der Waals surface area contributed by atoms with Gasteiger partial charge in [-0.3, -0.25) is 0 Å². The lowest BCUT2D eigenvalue weighted by Crippen LogP contribution is -1.98. The van der Waals surface area contributed by atoms with Crippen molar-refractivity contribution in [3.05, 3.63) is 17.9 Å². The van der Waals surface area contributed by atoms with Crippen molar-refractivity contribution in [2.75, 3.05) is 21.1 Å². The quantitative estimate of drug-likeness (QED) is 0.752. The lowest BCUT2D eigenvalue weighted by Gasteiger charge is -2.10. The maximum atomic E-state index is 13.4. The predicted octanol–water partition coefficient (Wildman–Crippen LogP) is 2.15. The molecule has 3 nitrogen and oxygen atoms in total. The van der Waals surface area contributed by atoms with Gasteiger partial charge in [-0.1, -0.05) is 0 Å². The van der Waals surface area contributed by atoms with Crippen LogP contribution in [-0.2, 0) is 0 Å². The maximum absolute atomic E-state index is 13.4. The van der Waals surface area contributed by atoms with E-state index in [2.05, 4.69) is 4.74 Å². The number of rotatable bonds is 4. The molecular weight excluding hydrogens is 194 g/mol. The largest absolute Gasteiger partial charge is 0.494 e. The zero-order chi connectivity index (χ0) is 10.6. The molecule has 1 rings (SSSR count). The van der Waals surface area contributed by atoms with E-state index in [0.29, 0.717) is 0 Å². The van der Waals surface area contributed by atoms with Crippen LogP contribution in [0.3, 0.4) is 0 Å². The lowest BCUT2D eigenvalue weighted by molar-refractivity contribution is 0.182. The Balaban J connectivity index is 3.14. The highest BCUT2D eigenvalue weighted by Crippen LogP contribution is 2.35. The van der Waals surface area contributed by atoms with E-state index >= 15 is 0 Å². The van der Waals surface area contributed by atoms with Crippen molar-refractivity contribution in [3.63, 3.8) is 0 Å². The molecule has 0 fully saturated rings. The molecule has 0 spiro atoms. The average Bonchev–Trinajstić information content (AvgIpc) is 2.19. The first-order valence-electron chi connectivity index (χ1n) is 3.83. The van der Waals surface area contributed by atoms with Crippen LogP contribution < -0.4 is 14.2 Å². The van der Waals surface area contributed by atoms with E-state index in [1.165, 1.54) is 26.4 Å². The molecule has 1 aromatic rings. The van der Waals surface area contributed by atoms with Crippen LogP contribution in [0.15, 0.2) is 12.1 Å². The number of halogens is 2. The molecule has 0 N–H and O–H groups in total. The van der Waals surface area contributed by atoms with Gasteiger partial charge in [-0.2, -0.15) is 4.39 Å². The molecule has 0 aliphatic carbocycles. The van der Waals surface area contributed by atoms with E-state index in [1.54, 1.807) is 0 Å². The molecule has 0 aliphatic rings. The van der Waals surface area contributed by atoms with Crippen molar-refractivity contribution < 1.29 is 23.0 Å². The summed E-state index contributed by atoms with van der Waals surface area (Å²) in [4.78, 5) is 0. The molecule has 0 atom stereocenters. The van der Waals surface area contributed by atoms with Crippen molar-refractivity contribution in [2.24, 2.45) is 0 Å². The molecule has 1 aromatic carbocycles. The molecule has 0 saturated carbocycles. The highest BCUT2D eigenvalue weighted by Gasteiger charge is 2.15. The zero-order valence-electron chi connectivity index (χ0n) is 7.84. The van der Waals surface area contributed by atoms with Crippen molar-refractivity contribution in [1.82, 2.24) is 0 Å². The van der Waals surface area contributed by atoms with E-state index in [1.807, 2.05) is 0 Å². The maximum Gasteiger partial charge on any atom is 0.228 e. The number of benzene rings is 1. The summed E-state index contributed by atoms with van der Waals surface area (Å²) < 4.78 is 39.2. The molecule has 0 amide bonds. The summed E-state index contributed by atoms with van der Waals surface area (Å²) in [5.74, 6) is -0.843. The molecule has 0 radical (unpaired) electrons. The number of ether oxygens (including phenoxy) is 3. The molecule has 0 aliphatic heterocycles. The fourth-order valence-electron chi connectivity index (χ4n) is 1.04. The molecular formula is C9H10F2O3. The number of methoxy groups -OCH3 is 2. The second kappa shape index (κ2) is 4.64. The Morgan fingerprint density at radius 2 is 1.79 bits per heavy atom. The normalized spacial score (nSPS) is 9.71. The molecule has 0 unspecified atom stereocenters. The van der Waals surface area contributed by atoms with Gasteiger partial charge in [0.25, 0.3) is 0 Å². The van der Waals surface area contributed by atoms with Crippen LogP contribution in [0.5, 0.6) is 17.2 Å². The predicted molar refractivity (Wildman–Crippen MR) is 46.1 cm³/mol. The van der Waals surface area contributed by atoms with Crippen LogP contribution in [0.2, 0.25) is 0 Å². The Labute approximate surface area is 80.2 Å². The van der Waals surface area contributed by atoms with Crippen LogP contribution >= 0.6 is 0 Å². The van der Waals surface area contributed by atoms with Gasteiger partial charge in [0.15, 0.2) is 11.5 Å². The molecule has 0 saturated heterocycles. The lowest BCUT2D eigenvalue weighted by atomic mass is 10.3. The Kier molecular flexibility index (Phi) is 3.50. The number of hydrogen-bond donors (Lipinski definition) is 0. The summed E-state index contributed by atoms with van der Waals surface area (Å²) in [6, 6.07) is 2.71. The number of alkyl halides is 1. The zero-order valence-corrected chi connectivity index (χ0v) is 7.84. The molecule has 14 heavy (non-hydrogen) atoms. The second-order valence-electron chi connectivity index (χ2n) is 2.37. The standard InChI is InChI=1S/C9H10F2O3/c1-12-6-3-4-7(14-5-10)9(13-2)8(6)11/h3-4H,5H2,1-2H3. The summed E-state index contributed by atoms with van der Waals surface area (Å²) in [6.45, 7) is -1.04. The highest BCUT2D eigenvalue weighted by molar-refractivity contribution is 5.47. The minimum Gasteiger partial charge on any atom is -0.494 e. The second-order valence-corrected chi connectivity index (χ2v) is 2.37. The van der Waals surface area contributed by atoms with Gasteiger partial charge in [0.1, 0.15) is 0 Å². The van der Waals surface area contributed by atoms with Gasteiger partial charge in [0.2, 0.25) is 18.4 Å². The van der Waals surface area contributed by atoms with Crippen LogP contribution in [0.1, 0.15) is 0 Å². The van der Waals surface area contributed by atoms with E-state index in [-0.39, 0.29) is 17.2 Å². The number of hydrogen-bond acceptors (Lipinski definition) is 3. The Hall–Kier alpha value is -1.52. The van der Waals surface area contributed by atoms with Gasteiger partial charge in [0.05, 0.1) is 14.2 Å².